The molecule has 0 radical (unpaired) electrons. The van der Waals surface area contributed by atoms with E-state index in [-0.39, 0.29) is 12.1 Å². The lowest BCUT2D eigenvalue weighted by Gasteiger charge is -2.10. The minimum absolute atomic E-state index is 0.0242. The summed E-state index contributed by atoms with van der Waals surface area (Å²) < 4.78 is 48.0. The van der Waals surface area contributed by atoms with E-state index in [0.717, 1.165) is 13.0 Å². The Bertz CT molecular complexity index is 424. The molecule has 0 N–H and O–H groups in total. The monoisotopic (exact) mass is 266 g/mol. The predicted molar refractivity (Wildman–Crippen MR) is 55.0 cm³/mol. The van der Waals surface area contributed by atoms with E-state index in [4.69, 9.17) is 9.47 Å². The van der Waals surface area contributed by atoms with E-state index < -0.39 is 24.1 Å². The molecule has 1 aromatic rings. The van der Waals surface area contributed by atoms with Crippen LogP contribution in [0, 0.1) is 0 Å². The number of carbonyl (C=O) groups excluding carboxylic acids is 1. The molecule has 0 unspecified atom stereocenters. The zero-order valence-corrected chi connectivity index (χ0v) is 10.1. The molecule has 0 atom stereocenters. The third-order valence-electron chi connectivity index (χ3n) is 2.25. The Kier molecular flexibility index (Phi) is 4.47. The predicted octanol–water partition coefficient (Wildman–Crippen LogP) is 1.72. The van der Waals surface area contributed by atoms with Crippen LogP contribution in [-0.4, -0.2) is 36.2 Å². The summed E-state index contributed by atoms with van der Waals surface area (Å²) in [5.74, 6) is -0.806. The number of hydrogen-bond donors (Lipinski definition) is 0. The molecule has 0 saturated heterocycles. The van der Waals surface area contributed by atoms with Gasteiger partial charge in [0, 0.05) is 27.6 Å². The van der Waals surface area contributed by atoms with Gasteiger partial charge in [-0.3, -0.25) is 4.79 Å². The number of rotatable bonds is 4. The first-order chi connectivity index (χ1) is 8.29. The molecule has 1 rings (SSSR count). The summed E-state index contributed by atoms with van der Waals surface area (Å²) in [5.41, 5.74) is -1.03. The fraction of sp³-hybridized carbons (Fsp3) is 0.600. The van der Waals surface area contributed by atoms with Crippen LogP contribution in [0.5, 0.6) is 0 Å². The van der Waals surface area contributed by atoms with Gasteiger partial charge < -0.3 is 9.47 Å². The molecule has 18 heavy (non-hydrogen) atoms. The van der Waals surface area contributed by atoms with Gasteiger partial charge in [0.25, 0.3) is 0 Å². The maximum Gasteiger partial charge on any atom is 0.433 e. The number of carbonyl (C=O) groups is 1. The first-order valence-corrected chi connectivity index (χ1v) is 5.02. The van der Waals surface area contributed by atoms with Gasteiger partial charge in [-0.15, -0.1) is 0 Å². The van der Waals surface area contributed by atoms with Gasteiger partial charge in [0.2, 0.25) is 5.91 Å². The van der Waals surface area contributed by atoms with Gasteiger partial charge in [0.05, 0.1) is 5.69 Å². The number of alkyl halides is 3. The Labute approximate surface area is 101 Å². The van der Waals surface area contributed by atoms with Crippen molar-refractivity contribution in [2.75, 3.05) is 14.2 Å². The lowest BCUT2D eigenvalue weighted by Crippen LogP contribution is -2.19. The Morgan fingerprint density at radius 1 is 1.44 bits per heavy atom. The molecular weight excluding hydrogens is 253 g/mol. The SMILES string of the molecule is COC(Cc1cc(C(F)(F)F)n(C(C)=O)n1)OC. The summed E-state index contributed by atoms with van der Waals surface area (Å²) in [5, 5.41) is 3.60. The molecule has 0 aliphatic rings. The highest BCUT2D eigenvalue weighted by molar-refractivity contribution is 5.76. The topological polar surface area (TPSA) is 53.4 Å². The average molecular weight is 266 g/mol. The van der Waals surface area contributed by atoms with Crippen LogP contribution in [0.25, 0.3) is 0 Å². The normalized spacial score (nSPS) is 12.2. The largest absolute Gasteiger partial charge is 0.433 e. The van der Waals surface area contributed by atoms with Crippen LogP contribution in [0.3, 0.4) is 0 Å². The van der Waals surface area contributed by atoms with E-state index in [1.165, 1.54) is 14.2 Å². The maximum absolute atomic E-state index is 12.6. The van der Waals surface area contributed by atoms with E-state index in [1.807, 2.05) is 0 Å². The maximum atomic E-state index is 12.6. The fourth-order valence-electron chi connectivity index (χ4n) is 1.41. The standard InChI is InChI=1S/C10H13F3N2O3/c1-6(16)15-8(10(11,12)13)4-7(14-15)5-9(17-2)18-3/h4,9H,5H2,1-3H3. The minimum atomic E-state index is -4.63. The molecule has 8 heteroatoms. The molecule has 0 bridgehead atoms. The molecule has 0 saturated carbocycles. The average Bonchev–Trinajstić information content (AvgIpc) is 2.69. The van der Waals surface area contributed by atoms with Crippen LogP contribution >= 0.6 is 0 Å². The lowest BCUT2D eigenvalue weighted by molar-refractivity contribution is -0.143. The molecule has 1 aromatic heterocycles. The van der Waals surface area contributed by atoms with E-state index in [1.54, 1.807) is 0 Å². The first kappa shape index (κ1) is 14.7. The summed E-state index contributed by atoms with van der Waals surface area (Å²) in [6, 6.07) is 0.812. The molecule has 102 valence electrons. The number of methoxy groups -OCH3 is 2. The molecular formula is C10H13F3N2O3. The Balaban J connectivity index is 3.07. The van der Waals surface area contributed by atoms with Crippen molar-refractivity contribution in [1.82, 2.24) is 9.78 Å². The highest BCUT2D eigenvalue weighted by Crippen LogP contribution is 2.30. The molecule has 0 aromatic carbocycles. The smallest absolute Gasteiger partial charge is 0.356 e. The second kappa shape index (κ2) is 5.49. The van der Waals surface area contributed by atoms with E-state index in [0.29, 0.717) is 4.68 Å². The van der Waals surface area contributed by atoms with Crippen molar-refractivity contribution in [3.63, 3.8) is 0 Å². The molecule has 0 aliphatic heterocycles. The Morgan fingerprint density at radius 3 is 2.33 bits per heavy atom. The van der Waals surface area contributed by atoms with Gasteiger partial charge in [-0.1, -0.05) is 0 Å². The molecule has 0 fully saturated rings. The fourth-order valence-corrected chi connectivity index (χ4v) is 1.41. The highest BCUT2D eigenvalue weighted by atomic mass is 19.4. The van der Waals surface area contributed by atoms with E-state index in [9.17, 15) is 18.0 Å². The first-order valence-electron chi connectivity index (χ1n) is 5.02. The van der Waals surface area contributed by atoms with E-state index in [2.05, 4.69) is 5.10 Å². The van der Waals surface area contributed by atoms with Gasteiger partial charge in [0.1, 0.15) is 0 Å². The van der Waals surface area contributed by atoms with Gasteiger partial charge in [-0.05, 0) is 6.07 Å². The molecule has 0 spiro atoms. The van der Waals surface area contributed by atoms with E-state index >= 15 is 0 Å². The number of aromatic nitrogens is 2. The van der Waals surface area contributed by atoms with Gasteiger partial charge in [0.15, 0.2) is 12.0 Å². The van der Waals surface area contributed by atoms with Crippen LogP contribution in [0.4, 0.5) is 13.2 Å². The van der Waals surface area contributed by atoms with Crippen molar-refractivity contribution in [2.45, 2.75) is 25.8 Å². The van der Waals surface area contributed by atoms with Crippen molar-refractivity contribution in [1.29, 1.82) is 0 Å². The van der Waals surface area contributed by atoms with Crippen molar-refractivity contribution in [2.24, 2.45) is 0 Å². The molecule has 5 nitrogen and oxygen atoms in total. The Hall–Kier alpha value is -1.41. The molecule has 1 heterocycles. The Morgan fingerprint density at radius 2 is 2.00 bits per heavy atom. The zero-order valence-electron chi connectivity index (χ0n) is 10.1. The zero-order chi connectivity index (χ0) is 13.9. The van der Waals surface area contributed by atoms with Crippen LogP contribution in [0.1, 0.15) is 23.1 Å². The number of nitrogens with zero attached hydrogens (tertiary/aromatic N) is 2. The summed E-state index contributed by atoms with van der Waals surface area (Å²) in [4.78, 5) is 11.1. The van der Waals surface area contributed by atoms with Crippen LogP contribution in [0.2, 0.25) is 0 Å². The lowest BCUT2D eigenvalue weighted by atomic mass is 10.2. The van der Waals surface area contributed by atoms with Crippen LogP contribution < -0.4 is 0 Å². The second-order valence-electron chi connectivity index (χ2n) is 3.55. The van der Waals surface area contributed by atoms with Gasteiger partial charge in [-0.25, -0.2) is 0 Å². The van der Waals surface area contributed by atoms with Gasteiger partial charge >= 0.3 is 6.18 Å². The third kappa shape index (κ3) is 3.30. The summed E-state index contributed by atoms with van der Waals surface area (Å²) in [7, 11) is 2.72. The number of ether oxygens (including phenoxy) is 2. The van der Waals surface area contributed by atoms with Gasteiger partial charge in [-0.2, -0.15) is 23.0 Å². The van der Waals surface area contributed by atoms with Crippen molar-refractivity contribution < 1.29 is 27.4 Å². The third-order valence-corrected chi connectivity index (χ3v) is 2.25. The summed E-state index contributed by atoms with van der Waals surface area (Å²) in [6.45, 7) is 1.01. The van der Waals surface area contributed by atoms with Crippen LogP contribution in [0.15, 0.2) is 6.07 Å². The van der Waals surface area contributed by atoms with Crippen LogP contribution in [-0.2, 0) is 22.1 Å². The van der Waals surface area contributed by atoms with Crippen molar-refractivity contribution in [3.05, 3.63) is 17.5 Å². The summed E-state index contributed by atoms with van der Waals surface area (Å²) in [6.07, 6.45) is -5.32. The number of halogens is 3. The molecule has 0 amide bonds. The van der Waals surface area contributed by atoms with Crippen molar-refractivity contribution in [3.8, 4) is 0 Å². The highest BCUT2D eigenvalue weighted by Gasteiger charge is 2.37. The second-order valence-corrected chi connectivity index (χ2v) is 3.55. The quantitative estimate of drug-likeness (QED) is 0.779. The van der Waals surface area contributed by atoms with Crippen molar-refractivity contribution >= 4 is 5.91 Å². The molecule has 0 aliphatic carbocycles. The summed E-state index contributed by atoms with van der Waals surface area (Å²) >= 11 is 0. The minimum Gasteiger partial charge on any atom is -0.356 e. The number of hydrogen-bond acceptors (Lipinski definition) is 4.